The average Bonchev–Trinajstić information content (AvgIpc) is 2.34. The van der Waals surface area contributed by atoms with Crippen LogP contribution in [0.1, 0.15) is 19.3 Å². The summed E-state index contributed by atoms with van der Waals surface area (Å²) in [5.41, 5.74) is 0. The smallest absolute Gasteiger partial charge is 0.323 e. The lowest BCUT2D eigenvalue weighted by molar-refractivity contribution is -0.146. The summed E-state index contributed by atoms with van der Waals surface area (Å²) < 4.78 is 4.88. The molecule has 1 amide bonds. The van der Waals surface area contributed by atoms with Crippen molar-refractivity contribution in [2.45, 2.75) is 25.3 Å². The number of piperidine rings is 1. The third-order valence-corrected chi connectivity index (χ3v) is 2.81. The number of methoxy groups -OCH3 is 1. The molecular formula is C11H20N2O4. The van der Waals surface area contributed by atoms with E-state index in [0.29, 0.717) is 13.2 Å². The molecular weight excluding hydrogens is 224 g/mol. The second-order valence-corrected chi connectivity index (χ2v) is 4.15. The monoisotopic (exact) mass is 244 g/mol. The first-order chi connectivity index (χ1) is 8.15. The number of rotatable bonds is 6. The number of hydrogen-bond donors (Lipinski definition) is 2. The summed E-state index contributed by atoms with van der Waals surface area (Å²) in [6.45, 7) is 1.23. The molecule has 0 spiro atoms. The number of aliphatic carboxylic acids is 1. The van der Waals surface area contributed by atoms with E-state index < -0.39 is 5.97 Å². The van der Waals surface area contributed by atoms with Gasteiger partial charge in [-0.15, -0.1) is 0 Å². The van der Waals surface area contributed by atoms with Crippen molar-refractivity contribution in [3.8, 4) is 0 Å². The highest BCUT2D eigenvalue weighted by Gasteiger charge is 2.26. The number of carboxylic acid groups (broad SMARTS) is 1. The van der Waals surface area contributed by atoms with Crippen LogP contribution in [-0.4, -0.2) is 61.3 Å². The fraction of sp³-hybridized carbons (Fsp3) is 0.818. The molecule has 0 bridgehead atoms. The van der Waals surface area contributed by atoms with Gasteiger partial charge in [-0.1, -0.05) is 6.42 Å². The topological polar surface area (TPSA) is 78.9 Å². The lowest BCUT2D eigenvalue weighted by atomic mass is 10.0. The largest absolute Gasteiger partial charge is 0.480 e. The van der Waals surface area contributed by atoms with Crippen molar-refractivity contribution in [1.82, 2.24) is 10.2 Å². The molecule has 0 aromatic carbocycles. The van der Waals surface area contributed by atoms with Crippen LogP contribution >= 0.6 is 0 Å². The zero-order valence-corrected chi connectivity index (χ0v) is 10.1. The van der Waals surface area contributed by atoms with Crippen LogP contribution in [0.4, 0.5) is 0 Å². The lowest BCUT2D eigenvalue weighted by Crippen LogP contribution is -2.50. The molecule has 1 aliphatic rings. The van der Waals surface area contributed by atoms with E-state index in [1.54, 1.807) is 0 Å². The van der Waals surface area contributed by atoms with Crippen molar-refractivity contribution in [2.24, 2.45) is 0 Å². The van der Waals surface area contributed by atoms with Crippen molar-refractivity contribution in [3.05, 3.63) is 0 Å². The highest BCUT2D eigenvalue weighted by atomic mass is 16.5. The van der Waals surface area contributed by atoms with Crippen molar-refractivity contribution in [2.75, 3.05) is 33.4 Å². The zero-order chi connectivity index (χ0) is 12.7. The minimum atomic E-state index is -0.995. The summed E-state index contributed by atoms with van der Waals surface area (Å²) in [6.07, 6.45) is 2.86. The number of carbonyl (C=O) groups excluding carboxylic acids is 1. The molecule has 1 saturated heterocycles. The lowest BCUT2D eigenvalue weighted by Gasteiger charge is -2.28. The fourth-order valence-electron chi connectivity index (χ4n) is 1.91. The van der Waals surface area contributed by atoms with Crippen LogP contribution in [0.3, 0.4) is 0 Å². The van der Waals surface area contributed by atoms with Crippen LogP contribution in [0.5, 0.6) is 0 Å². The molecule has 6 nitrogen and oxygen atoms in total. The molecule has 0 unspecified atom stereocenters. The van der Waals surface area contributed by atoms with Crippen molar-refractivity contribution in [3.63, 3.8) is 0 Å². The van der Waals surface area contributed by atoms with Crippen molar-refractivity contribution >= 4 is 11.9 Å². The number of nitrogens with zero attached hydrogens (tertiary/aromatic N) is 1. The molecule has 0 aromatic rings. The molecule has 17 heavy (non-hydrogen) atoms. The standard InChI is InChI=1S/C11H20N2O4/c1-17-7-6-13(8-10(14)15)11(16)9-4-2-3-5-12-9/h9,12H,2-8H2,1H3,(H,14,15)/t9-/m1/s1. The van der Waals surface area contributed by atoms with Gasteiger partial charge >= 0.3 is 5.97 Å². The van der Waals surface area contributed by atoms with Crippen LogP contribution in [-0.2, 0) is 14.3 Å². The van der Waals surface area contributed by atoms with Gasteiger partial charge in [-0.3, -0.25) is 9.59 Å². The van der Waals surface area contributed by atoms with E-state index in [1.165, 1.54) is 12.0 Å². The molecule has 0 aliphatic carbocycles. The minimum Gasteiger partial charge on any atom is -0.480 e. The van der Waals surface area contributed by atoms with E-state index in [4.69, 9.17) is 9.84 Å². The third-order valence-electron chi connectivity index (χ3n) is 2.81. The predicted molar refractivity (Wildman–Crippen MR) is 61.7 cm³/mol. The van der Waals surface area contributed by atoms with E-state index >= 15 is 0 Å². The molecule has 1 atom stereocenters. The van der Waals surface area contributed by atoms with Crippen LogP contribution in [0.2, 0.25) is 0 Å². The Morgan fingerprint density at radius 1 is 1.47 bits per heavy atom. The maximum atomic E-state index is 12.1. The van der Waals surface area contributed by atoms with Crippen LogP contribution in [0, 0.1) is 0 Å². The minimum absolute atomic E-state index is 0.135. The van der Waals surface area contributed by atoms with Gasteiger partial charge in [0.1, 0.15) is 6.54 Å². The van der Waals surface area contributed by atoms with Gasteiger partial charge in [-0.2, -0.15) is 0 Å². The molecule has 0 aromatic heterocycles. The fourth-order valence-corrected chi connectivity index (χ4v) is 1.91. The van der Waals surface area contributed by atoms with Gasteiger partial charge in [0.05, 0.1) is 12.6 Å². The highest BCUT2D eigenvalue weighted by molar-refractivity contribution is 5.85. The number of carboxylic acids is 1. The number of ether oxygens (including phenoxy) is 1. The van der Waals surface area contributed by atoms with Gasteiger partial charge in [-0.25, -0.2) is 0 Å². The summed E-state index contributed by atoms with van der Waals surface area (Å²) >= 11 is 0. The first-order valence-electron chi connectivity index (χ1n) is 5.88. The van der Waals surface area contributed by atoms with Gasteiger partial charge in [-0.05, 0) is 19.4 Å². The number of amides is 1. The Hall–Kier alpha value is -1.14. The Morgan fingerprint density at radius 3 is 2.76 bits per heavy atom. The van der Waals surface area contributed by atoms with Crippen LogP contribution < -0.4 is 5.32 Å². The predicted octanol–water partition coefficient (Wildman–Crippen LogP) is -0.312. The van der Waals surface area contributed by atoms with Crippen LogP contribution in [0.25, 0.3) is 0 Å². The van der Waals surface area contributed by atoms with Gasteiger partial charge in [0, 0.05) is 13.7 Å². The Labute approximate surface area is 101 Å². The second kappa shape index (κ2) is 7.24. The van der Waals surface area contributed by atoms with Crippen LogP contribution in [0.15, 0.2) is 0 Å². The molecule has 0 saturated carbocycles. The molecule has 6 heteroatoms. The number of hydrogen-bond acceptors (Lipinski definition) is 4. The van der Waals surface area contributed by atoms with Gasteiger partial charge in [0.2, 0.25) is 5.91 Å². The highest BCUT2D eigenvalue weighted by Crippen LogP contribution is 2.09. The maximum Gasteiger partial charge on any atom is 0.323 e. The quantitative estimate of drug-likeness (QED) is 0.670. The maximum absolute atomic E-state index is 12.1. The Bertz CT molecular complexity index is 264. The average molecular weight is 244 g/mol. The summed E-state index contributed by atoms with van der Waals surface area (Å²) in [4.78, 5) is 24.1. The van der Waals surface area contributed by atoms with Crippen molar-refractivity contribution in [1.29, 1.82) is 0 Å². The van der Waals surface area contributed by atoms with E-state index in [-0.39, 0.29) is 18.5 Å². The third kappa shape index (κ3) is 4.70. The van der Waals surface area contributed by atoms with E-state index in [0.717, 1.165) is 25.8 Å². The summed E-state index contributed by atoms with van der Waals surface area (Å²) in [5.74, 6) is -1.13. The van der Waals surface area contributed by atoms with E-state index in [2.05, 4.69) is 5.32 Å². The zero-order valence-electron chi connectivity index (χ0n) is 10.1. The Morgan fingerprint density at radius 2 is 2.24 bits per heavy atom. The van der Waals surface area contributed by atoms with Gasteiger partial charge < -0.3 is 20.1 Å². The first kappa shape index (κ1) is 13.9. The molecule has 0 radical (unpaired) electrons. The number of nitrogens with one attached hydrogen (secondary N) is 1. The summed E-state index contributed by atoms with van der Waals surface area (Å²) in [5, 5.41) is 11.9. The Kier molecular flexibility index (Phi) is 5.93. The summed E-state index contributed by atoms with van der Waals surface area (Å²) in [6, 6.07) is -0.236. The Balaban J connectivity index is 2.53. The van der Waals surface area contributed by atoms with E-state index in [1.807, 2.05) is 0 Å². The number of carbonyl (C=O) groups is 2. The molecule has 1 fully saturated rings. The molecule has 1 heterocycles. The molecule has 1 rings (SSSR count). The molecule has 2 N–H and O–H groups in total. The summed E-state index contributed by atoms with van der Waals surface area (Å²) in [7, 11) is 1.53. The normalized spacial score (nSPS) is 19.9. The van der Waals surface area contributed by atoms with Gasteiger partial charge in [0.15, 0.2) is 0 Å². The second-order valence-electron chi connectivity index (χ2n) is 4.15. The first-order valence-corrected chi connectivity index (χ1v) is 5.88. The van der Waals surface area contributed by atoms with Gasteiger partial charge in [0.25, 0.3) is 0 Å². The molecule has 98 valence electrons. The van der Waals surface area contributed by atoms with E-state index in [9.17, 15) is 9.59 Å². The SMILES string of the molecule is COCCN(CC(=O)O)C(=O)[C@H]1CCCCN1. The van der Waals surface area contributed by atoms with Crippen molar-refractivity contribution < 1.29 is 19.4 Å². The molecule has 1 aliphatic heterocycles.